The fourth-order valence-electron chi connectivity index (χ4n) is 6.01. The highest BCUT2D eigenvalue weighted by atomic mass is 16.5. The first-order valence-corrected chi connectivity index (χ1v) is 12.8. The summed E-state index contributed by atoms with van der Waals surface area (Å²) in [6.07, 6.45) is 4.98. The third-order valence-electron chi connectivity index (χ3n) is 7.99. The molecule has 1 aliphatic carbocycles. The highest BCUT2D eigenvalue weighted by Gasteiger charge is 2.46. The number of nitrogens with zero attached hydrogens (tertiary/aromatic N) is 2. The lowest BCUT2D eigenvalue weighted by atomic mass is 9.85. The Labute approximate surface area is 210 Å². The molecule has 3 heterocycles. The van der Waals surface area contributed by atoms with Gasteiger partial charge in [0.2, 0.25) is 11.2 Å². The maximum Gasteiger partial charge on any atom is 0.254 e. The van der Waals surface area contributed by atoms with Crippen molar-refractivity contribution in [1.29, 1.82) is 0 Å². The Kier molecular flexibility index (Phi) is 6.17. The molecular weight excluding hydrogens is 456 g/mol. The minimum absolute atomic E-state index is 0.102. The van der Waals surface area contributed by atoms with Crippen LogP contribution in [-0.4, -0.2) is 32.7 Å². The zero-order chi connectivity index (χ0) is 24.7. The monoisotopic (exact) mass is 488 g/mol. The molecule has 3 aliphatic rings. The summed E-state index contributed by atoms with van der Waals surface area (Å²) in [4.78, 5) is 16.7. The van der Waals surface area contributed by atoms with E-state index in [0.29, 0.717) is 36.9 Å². The van der Waals surface area contributed by atoms with Crippen molar-refractivity contribution in [3.05, 3.63) is 99.1 Å². The summed E-state index contributed by atoms with van der Waals surface area (Å²) >= 11 is 0. The Morgan fingerprint density at radius 2 is 1.58 bits per heavy atom. The van der Waals surface area contributed by atoms with Gasteiger partial charge in [-0.2, -0.15) is 0 Å². The lowest BCUT2D eigenvalue weighted by Crippen LogP contribution is -2.48. The van der Waals surface area contributed by atoms with Gasteiger partial charge in [0.15, 0.2) is 0 Å². The number of hydrogen-bond acceptors (Lipinski definition) is 7. The molecule has 1 fully saturated rings. The second-order valence-electron chi connectivity index (χ2n) is 10.4. The van der Waals surface area contributed by atoms with E-state index in [0.717, 1.165) is 44.3 Å². The van der Waals surface area contributed by atoms with E-state index < -0.39 is 5.91 Å². The van der Waals surface area contributed by atoms with Crippen molar-refractivity contribution in [3.63, 3.8) is 0 Å². The van der Waals surface area contributed by atoms with Crippen LogP contribution < -0.4 is 10.2 Å². The van der Waals surface area contributed by atoms with Crippen LogP contribution in [0.5, 0.6) is 5.75 Å². The van der Waals surface area contributed by atoms with Gasteiger partial charge in [-0.05, 0) is 48.3 Å². The zero-order valence-electron chi connectivity index (χ0n) is 20.3. The predicted octanol–water partition coefficient (Wildman–Crippen LogP) is 3.70. The molecule has 2 aromatic carbocycles. The van der Waals surface area contributed by atoms with Crippen LogP contribution in [0.25, 0.3) is 0 Å². The zero-order valence-corrected chi connectivity index (χ0v) is 20.3. The van der Waals surface area contributed by atoms with Gasteiger partial charge < -0.3 is 19.4 Å². The molecule has 0 unspecified atom stereocenters. The Bertz CT molecular complexity index is 1270. The Hall–Kier alpha value is -2.97. The number of fused-ring (bicyclic) bond motifs is 2. The second kappa shape index (κ2) is 9.48. The number of ether oxygens (including phenoxy) is 1. The second-order valence-corrected chi connectivity index (χ2v) is 10.4. The minimum Gasteiger partial charge on any atom is -0.486 e. The molecule has 6 rings (SSSR count). The highest BCUT2D eigenvalue weighted by molar-refractivity contribution is 5.34. The summed E-state index contributed by atoms with van der Waals surface area (Å²) < 4.78 is 11.6. The van der Waals surface area contributed by atoms with Crippen LogP contribution >= 0.6 is 0 Å². The van der Waals surface area contributed by atoms with Gasteiger partial charge in [-0.25, -0.2) is 4.90 Å². The summed E-state index contributed by atoms with van der Waals surface area (Å²) in [6, 6.07) is 17.6. The van der Waals surface area contributed by atoms with Gasteiger partial charge in [0.25, 0.3) is 5.91 Å². The molecule has 36 heavy (non-hydrogen) atoms. The van der Waals surface area contributed by atoms with Crippen LogP contribution in [-0.2, 0) is 32.1 Å². The quantitative estimate of drug-likeness (QED) is 0.512. The average Bonchev–Trinajstić information content (AvgIpc) is 3.41. The SMILES string of the molecule is O=c1cc(CN2Cc3ccccc3C2)occ1OCC1CCC(N2Cc3ccccc3C2(O)O)CC1. The Balaban J connectivity index is 0.999. The molecule has 0 atom stereocenters. The van der Waals surface area contributed by atoms with Crippen molar-refractivity contribution in [2.75, 3.05) is 6.61 Å². The summed E-state index contributed by atoms with van der Waals surface area (Å²) in [5, 5.41) is 21.5. The summed E-state index contributed by atoms with van der Waals surface area (Å²) in [6.45, 7) is 3.32. The molecule has 1 aromatic heterocycles. The largest absolute Gasteiger partial charge is 0.486 e. The van der Waals surface area contributed by atoms with Crippen molar-refractivity contribution in [3.8, 4) is 5.75 Å². The molecule has 3 aromatic rings. The third kappa shape index (κ3) is 4.48. The highest BCUT2D eigenvalue weighted by Crippen LogP contribution is 2.40. The fourth-order valence-corrected chi connectivity index (χ4v) is 6.01. The predicted molar refractivity (Wildman–Crippen MR) is 134 cm³/mol. The third-order valence-corrected chi connectivity index (χ3v) is 7.99. The van der Waals surface area contributed by atoms with E-state index in [-0.39, 0.29) is 17.2 Å². The lowest BCUT2D eigenvalue weighted by molar-refractivity contribution is -0.282. The fraction of sp³-hybridized carbons (Fsp3) is 0.414. The summed E-state index contributed by atoms with van der Waals surface area (Å²) in [5.41, 5.74) is 4.05. The van der Waals surface area contributed by atoms with E-state index in [1.165, 1.54) is 17.4 Å². The van der Waals surface area contributed by atoms with E-state index >= 15 is 0 Å². The number of aliphatic hydroxyl groups is 2. The molecule has 0 bridgehead atoms. The van der Waals surface area contributed by atoms with Crippen molar-refractivity contribution < 1.29 is 19.4 Å². The smallest absolute Gasteiger partial charge is 0.254 e. The molecule has 188 valence electrons. The normalized spacial score (nSPS) is 23.4. The standard InChI is InChI=1S/C29H32N2O5/c32-27-13-25(17-30-14-21-5-1-2-6-22(21)15-30)35-19-28(27)36-18-20-9-11-24(12-10-20)31-16-23-7-3-4-8-26(23)29(31,33)34/h1-8,13,19-20,24,33-34H,9-12,14-18H2. The molecule has 0 radical (unpaired) electrons. The van der Waals surface area contributed by atoms with E-state index in [4.69, 9.17) is 9.15 Å². The van der Waals surface area contributed by atoms with Gasteiger partial charge in [-0.1, -0.05) is 48.5 Å². The first-order valence-electron chi connectivity index (χ1n) is 12.8. The van der Waals surface area contributed by atoms with Gasteiger partial charge in [0.05, 0.1) is 13.2 Å². The van der Waals surface area contributed by atoms with Crippen molar-refractivity contribution in [2.45, 2.75) is 63.8 Å². The molecule has 0 spiro atoms. The lowest BCUT2D eigenvalue weighted by Gasteiger charge is -2.39. The maximum absolute atomic E-state index is 12.6. The average molecular weight is 489 g/mol. The van der Waals surface area contributed by atoms with Gasteiger partial charge in [0, 0.05) is 37.3 Å². The Morgan fingerprint density at radius 3 is 2.25 bits per heavy atom. The van der Waals surface area contributed by atoms with Crippen molar-refractivity contribution >= 4 is 0 Å². The van der Waals surface area contributed by atoms with Crippen LogP contribution in [0.4, 0.5) is 0 Å². The minimum atomic E-state index is -1.91. The number of benzene rings is 2. The van der Waals surface area contributed by atoms with E-state index in [9.17, 15) is 15.0 Å². The van der Waals surface area contributed by atoms with Gasteiger partial charge in [-0.15, -0.1) is 0 Å². The molecule has 1 saturated carbocycles. The number of rotatable bonds is 6. The van der Waals surface area contributed by atoms with Crippen LogP contribution in [0, 0.1) is 5.92 Å². The molecule has 0 amide bonds. The first kappa shape index (κ1) is 23.4. The molecular formula is C29H32N2O5. The molecule has 2 N–H and O–H groups in total. The van der Waals surface area contributed by atoms with Crippen molar-refractivity contribution in [1.82, 2.24) is 9.80 Å². The maximum atomic E-state index is 12.6. The summed E-state index contributed by atoms with van der Waals surface area (Å²) in [5.74, 6) is -0.697. The van der Waals surface area contributed by atoms with Gasteiger partial charge >= 0.3 is 0 Å². The van der Waals surface area contributed by atoms with Gasteiger partial charge in [-0.3, -0.25) is 9.69 Å². The van der Waals surface area contributed by atoms with E-state index in [2.05, 4.69) is 29.2 Å². The molecule has 0 saturated heterocycles. The van der Waals surface area contributed by atoms with E-state index in [1.807, 2.05) is 18.2 Å². The molecule has 7 heteroatoms. The topological polar surface area (TPSA) is 86.4 Å². The Morgan fingerprint density at radius 1 is 0.917 bits per heavy atom. The van der Waals surface area contributed by atoms with Gasteiger partial charge in [0.1, 0.15) is 12.0 Å². The van der Waals surface area contributed by atoms with Crippen LogP contribution in [0.3, 0.4) is 0 Å². The first-order chi connectivity index (χ1) is 17.5. The molecule has 7 nitrogen and oxygen atoms in total. The molecule has 2 aliphatic heterocycles. The van der Waals surface area contributed by atoms with Crippen LogP contribution in [0.15, 0.2) is 70.1 Å². The van der Waals surface area contributed by atoms with Crippen molar-refractivity contribution in [2.24, 2.45) is 5.92 Å². The van der Waals surface area contributed by atoms with E-state index in [1.54, 1.807) is 17.0 Å². The van der Waals surface area contributed by atoms with Crippen LogP contribution in [0.1, 0.15) is 53.7 Å². The van der Waals surface area contributed by atoms with Crippen LogP contribution in [0.2, 0.25) is 0 Å². The summed E-state index contributed by atoms with van der Waals surface area (Å²) in [7, 11) is 0. The number of hydrogen-bond donors (Lipinski definition) is 2.